The molecular formula is C11H21BrN2O. The smallest absolute Gasteiger partial charge is 0.225 e. The number of rotatable bonds is 4. The van der Waals surface area contributed by atoms with Crippen LogP contribution in [0.5, 0.6) is 0 Å². The van der Waals surface area contributed by atoms with Gasteiger partial charge in [-0.2, -0.15) is 0 Å². The zero-order valence-corrected chi connectivity index (χ0v) is 11.3. The van der Waals surface area contributed by atoms with E-state index in [0.717, 1.165) is 44.5 Å². The Morgan fingerprint density at radius 1 is 1.33 bits per heavy atom. The maximum absolute atomic E-state index is 11.9. The highest BCUT2D eigenvalue weighted by Gasteiger charge is 2.23. The Kier molecular flexibility index (Phi) is 5.61. The monoisotopic (exact) mass is 276 g/mol. The molecule has 4 heteroatoms. The molecule has 0 bridgehead atoms. The third-order valence-electron chi connectivity index (χ3n) is 3.12. The second-order valence-electron chi connectivity index (χ2n) is 4.17. The van der Waals surface area contributed by atoms with Gasteiger partial charge in [0.2, 0.25) is 5.91 Å². The molecular weight excluding hydrogens is 256 g/mol. The van der Waals surface area contributed by atoms with E-state index in [9.17, 15) is 4.79 Å². The van der Waals surface area contributed by atoms with E-state index in [2.05, 4.69) is 27.8 Å². The normalized spacial score (nSPS) is 20.3. The van der Waals surface area contributed by atoms with E-state index in [0.29, 0.717) is 5.91 Å². The molecule has 15 heavy (non-hydrogen) atoms. The molecule has 0 aliphatic carbocycles. The minimum absolute atomic E-state index is 0.188. The van der Waals surface area contributed by atoms with Crippen molar-refractivity contribution in [2.45, 2.75) is 20.3 Å². The molecule has 0 aromatic heterocycles. The molecule has 1 rings (SSSR count). The van der Waals surface area contributed by atoms with Crippen LogP contribution in [0, 0.1) is 5.92 Å². The van der Waals surface area contributed by atoms with Crippen molar-refractivity contribution in [3.8, 4) is 0 Å². The van der Waals surface area contributed by atoms with Gasteiger partial charge >= 0.3 is 0 Å². The van der Waals surface area contributed by atoms with Crippen molar-refractivity contribution in [1.29, 1.82) is 0 Å². The first kappa shape index (κ1) is 13.0. The quantitative estimate of drug-likeness (QED) is 0.728. The summed E-state index contributed by atoms with van der Waals surface area (Å²) in [6.07, 6.45) is 0.945. The highest BCUT2D eigenvalue weighted by molar-refractivity contribution is 9.09. The summed E-state index contributed by atoms with van der Waals surface area (Å²) in [4.78, 5) is 16.3. The maximum Gasteiger partial charge on any atom is 0.225 e. The van der Waals surface area contributed by atoms with Crippen molar-refractivity contribution in [2.24, 2.45) is 5.92 Å². The molecule has 1 heterocycles. The molecule has 1 fully saturated rings. The second kappa shape index (κ2) is 6.48. The summed E-state index contributed by atoms with van der Waals surface area (Å²) in [6.45, 7) is 9.02. The third kappa shape index (κ3) is 3.76. The number of carbonyl (C=O) groups is 1. The average Bonchev–Trinajstić information content (AvgIpc) is 2.28. The Labute approximate surface area is 101 Å². The number of carbonyl (C=O) groups excluding carboxylic acids is 1. The SMILES string of the molecule is CCC(C)C(=O)N1CCN(CCBr)CC1. The molecule has 1 aliphatic heterocycles. The first-order valence-corrected chi connectivity index (χ1v) is 6.88. The zero-order valence-electron chi connectivity index (χ0n) is 9.71. The van der Waals surface area contributed by atoms with E-state index in [1.807, 2.05) is 11.8 Å². The summed E-state index contributed by atoms with van der Waals surface area (Å²) in [6, 6.07) is 0. The fourth-order valence-corrected chi connectivity index (χ4v) is 2.30. The summed E-state index contributed by atoms with van der Waals surface area (Å²) >= 11 is 3.44. The molecule has 1 saturated heterocycles. The van der Waals surface area contributed by atoms with Crippen molar-refractivity contribution < 1.29 is 4.79 Å². The van der Waals surface area contributed by atoms with Crippen LogP contribution in [0.3, 0.4) is 0 Å². The van der Waals surface area contributed by atoms with Gasteiger partial charge in [0, 0.05) is 44.0 Å². The van der Waals surface area contributed by atoms with Gasteiger partial charge in [0.25, 0.3) is 0 Å². The Morgan fingerprint density at radius 2 is 1.93 bits per heavy atom. The van der Waals surface area contributed by atoms with E-state index in [4.69, 9.17) is 0 Å². The first-order chi connectivity index (χ1) is 7.19. The zero-order chi connectivity index (χ0) is 11.3. The van der Waals surface area contributed by atoms with Crippen molar-refractivity contribution in [1.82, 2.24) is 9.80 Å². The maximum atomic E-state index is 11.9. The number of alkyl halides is 1. The topological polar surface area (TPSA) is 23.6 Å². The number of halogens is 1. The van der Waals surface area contributed by atoms with Gasteiger partial charge in [-0.3, -0.25) is 9.69 Å². The third-order valence-corrected chi connectivity index (χ3v) is 3.47. The van der Waals surface area contributed by atoms with Crippen LogP contribution in [0.1, 0.15) is 20.3 Å². The lowest BCUT2D eigenvalue weighted by Crippen LogP contribution is -2.50. The van der Waals surface area contributed by atoms with Crippen LogP contribution in [-0.2, 0) is 4.79 Å². The standard InChI is InChI=1S/C11H21BrN2O/c1-3-10(2)11(15)14-8-6-13(5-4-12)7-9-14/h10H,3-9H2,1-2H3. The molecule has 1 atom stereocenters. The molecule has 0 saturated carbocycles. The molecule has 3 nitrogen and oxygen atoms in total. The van der Waals surface area contributed by atoms with Crippen LogP contribution in [0.2, 0.25) is 0 Å². The molecule has 0 N–H and O–H groups in total. The molecule has 1 amide bonds. The minimum Gasteiger partial charge on any atom is -0.340 e. The largest absolute Gasteiger partial charge is 0.340 e. The summed E-state index contributed by atoms with van der Waals surface area (Å²) in [5, 5.41) is 1.02. The average molecular weight is 277 g/mol. The van der Waals surface area contributed by atoms with Crippen LogP contribution in [0.15, 0.2) is 0 Å². The molecule has 1 unspecified atom stereocenters. The highest BCUT2D eigenvalue weighted by atomic mass is 79.9. The van der Waals surface area contributed by atoms with Gasteiger partial charge in [-0.25, -0.2) is 0 Å². The summed E-state index contributed by atoms with van der Waals surface area (Å²) < 4.78 is 0. The summed E-state index contributed by atoms with van der Waals surface area (Å²) in [7, 11) is 0. The van der Waals surface area contributed by atoms with E-state index >= 15 is 0 Å². The van der Waals surface area contributed by atoms with Crippen LogP contribution in [0.25, 0.3) is 0 Å². The molecule has 0 spiro atoms. The second-order valence-corrected chi connectivity index (χ2v) is 4.96. The Morgan fingerprint density at radius 3 is 2.40 bits per heavy atom. The van der Waals surface area contributed by atoms with Crippen LogP contribution >= 0.6 is 15.9 Å². The fourth-order valence-electron chi connectivity index (χ4n) is 1.80. The van der Waals surface area contributed by atoms with Crippen LogP contribution in [-0.4, -0.2) is 53.8 Å². The van der Waals surface area contributed by atoms with Gasteiger partial charge < -0.3 is 4.90 Å². The lowest BCUT2D eigenvalue weighted by molar-refractivity contribution is -0.136. The van der Waals surface area contributed by atoms with Gasteiger partial charge in [0.05, 0.1) is 0 Å². The number of amides is 1. The Hall–Kier alpha value is -0.0900. The van der Waals surface area contributed by atoms with E-state index < -0.39 is 0 Å². The number of piperazine rings is 1. The first-order valence-electron chi connectivity index (χ1n) is 5.76. The van der Waals surface area contributed by atoms with E-state index in [-0.39, 0.29) is 5.92 Å². The van der Waals surface area contributed by atoms with Gasteiger partial charge in [0.15, 0.2) is 0 Å². The number of hydrogen-bond donors (Lipinski definition) is 0. The number of hydrogen-bond acceptors (Lipinski definition) is 2. The van der Waals surface area contributed by atoms with Gasteiger partial charge in [0.1, 0.15) is 0 Å². The van der Waals surface area contributed by atoms with E-state index in [1.54, 1.807) is 0 Å². The predicted octanol–water partition coefficient (Wildman–Crippen LogP) is 1.57. The van der Waals surface area contributed by atoms with Crippen molar-refractivity contribution in [3.05, 3.63) is 0 Å². The summed E-state index contributed by atoms with van der Waals surface area (Å²) in [5.41, 5.74) is 0. The van der Waals surface area contributed by atoms with Gasteiger partial charge in [-0.1, -0.05) is 29.8 Å². The summed E-state index contributed by atoms with van der Waals surface area (Å²) in [5.74, 6) is 0.517. The number of nitrogens with zero attached hydrogens (tertiary/aromatic N) is 2. The lowest BCUT2D eigenvalue weighted by atomic mass is 10.1. The highest BCUT2D eigenvalue weighted by Crippen LogP contribution is 2.10. The molecule has 88 valence electrons. The predicted molar refractivity (Wildman–Crippen MR) is 66.3 cm³/mol. The Bertz CT molecular complexity index is 203. The van der Waals surface area contributed by atoms with Crippen molar-refractivity contribution >= 4 is 21.8 Å². The van der Waals surface area contributed by atoms with Crippen molar-refractivity contribution in [2.75, 3.05) is 38.1 Å². The fraction of sp³-hybridized carbons (Fsp3) is 0.909. The molecule has 0 aromatic rings. The molecule has 0 aromatic carbocycles. The lowest BCUT2D eigenvalue weighted by Gasteiger charge is -2.35. The Balaban J connectivity index is 2.33. The molecule has 1 aliphatic rings. The van der Waals surface area contributed by atoms with Gasteiger partial charge in [-0.15, -0.1) is 0 Å². The minimum atomic E-state index is 0.188. The van der Waals surface area contributed by atoms with Crippen LogP contribution in [0.4, 0.5) is 0 Å². The van der Waals surface area contributed by atoms with E-state index in [1.165, 1.54) is 0 Å². The van der Waals surface area contributed by atoms with Crippen molar-refractivity contribution in [3.63, 3.8) is 0 Å². The van der Waals surface area contributed by atoms with Gasteiger partial charge in [-0.05, 0) is 6.42 Å². The molecule has 0 radical (unpaired) electrons. The van der Waals surface area contributed by atoms with Crippen LogP contribution < -0.4 is 0 Å².